The van der Waals surface area contributed by atoms with E-state index in [-0.39, 0.29) is 6.10 Å². The van der Waals surface area contributed by atoms with Gasteiger partial charge < -0.3 is 15.2 Å². The van der Waals surface area contributed by atoms with E-state index in [9.17, 15) is 0 Å². The normalized spacial score (nSPS) is 11.0. The van der Waals surface area contributed by atoms with E-state index in [0.29, 0.717) is 19.8 Å². The number of hydrogen-bond acceptors (Lipinski definition) is 3. The van der Waals surface area contributed by atoms with E-state index in [4.69, 9.17) is 15.2 Å². The zero-order valence-corrected chi connectivity index (χ0v) is 11.3. The van der Waals surface area contributed by atoms with E-state index in [0.717, 1.165) is 15.7 Å². The second kappa shape index (κ2) is 6.89. The van der Waals surface area contributed by atoms with Crippen LogP contribution in [0.15, 0.2) is 22.7 Å². The lowest BCUT2D eigenvalue weighted by Crippen LogP contribution is -2.09. The SMILES string of the molecule is CC(C)OCCOCc1cc(N)cc(Br)c1. The van der Waals surface area contributed by atoms with Gasteiger partial charge in [-0.15, -0.1) is 0 Å². The number of ether oxygens (including phenoxy) is 2. The summed E-state index contributed by atoms with van der Waals surface area (Å²) in [6.07, 6.45) is 0.255. The Morgan fingerprint density at radius 1 is 1.25 bits per heavy atom. The summed E-state index contributed by atoms with van der Waals surface area (Å²) in [6, 6.07) is 5.78. The van der Waals surface area contributed by atoms with E-state index in [1.807, 2.05) is 32.0 Å². The Bertz CT molecular complexity index is 309. The van der Waals surface area contributed by atoms with Crippen LogP contribution in [0.4, 0.5) is 5.69 Å². The van der Waals surface area contributed by atoms with Gasteiger partial charge in [-0.05, 0) is 37.6 Å². The Morgan fingerprint density at radius 2 is 2.00 bits per heavy atom. The van der Waals surface area contributed by atoms with Crippen LogP contribution in [0.2, 0.25) is 0 Å². The Kier molecular flexibility index (Phi) is 5.80. The van der Waals surface area contributed by atoms with Crippen LogP contribution in [0.5, 0.6) is 0 Å². The van der Waals surface area contributed by atoms with Crippen molar-refractivity contribution < 1.29 is 9.47 Å². The molecular formula is C12H18BrNO2. The lowest BCUT2D eigenvalue weighted by atomic mass is 10.2. The van der Waals surface area contributed by atoms with Crippen molar-refractivity contribution in [3.05, 3.63) is 28.2 Å². The molecule has 1 aromatic rings. The van der Waals surface area contributed by atoms with Gasteiger partial charge in [-0.25, -0.2) is 0 Å². The van der Waals surface area contributed by atoms with Gasteiger partial charge in [-0.1, -0.05) is 15.9 Å². The number of rotatable bonds is 6. The first kappa shape index (κ1) is 13.5. The fourth-order valence-corrected chi connectivity index (χ4v) is 1.85. The van der Waals surface area contributed by atoms with Crippen molar-refractivity contribution in [2.24, 2.45) is 0 Å². The monoisotopic (exact) mass is 287 g/mol. The third-order valence-corrected chi connectivity index (χ3v) is 2.39. The van der Waals surface area contributed by atoms with Gasteiger partial charge in [0.1, 0.15) is 0 Å². The molecule has 0 aliphatic heterocycles. The number of nitrogen functional groups attached to an aromatic ring is 1. The molecule has 0 bridgehead atoms. The number of halogens is 1. The number of nitrogens with two attached hydrogens (primary N) is 1. The average Bonchev–Trinajstić information content (AvgIpc) is 2.15. The molecule has 0 spiro atoms. The maximum Gasteiger partial charge on any atom is 0.0719 e. The van der Waals surface area contributed by atoms with Crippen LogP contribution in [0.3, 0.4) is 0 Å². The molecule has 0 saturated heterocycles. The largest absolute Gasteiger partial charge is 0.399 e. The van der Waals surface area contributed by atoms with Gasteiger partial charge in [0, 0.05) is 10.2 Å². The Labute approximate surface area is 105 Å². The molecule has 90 valence electrons. The smallest absolute Gasteiger partial charge is 0.0719 e. The van der Waals surface area contributed by atoms with Gasteiger partial charge >= 0.3 is 0 Å². The average molecular weight is 288 g/mol. The van der Waals surface area contributed by atoms with Crippen molar-refractivity contribution in [1.82, 2.24) is 0 Å². The van der Waals surface area contributed by atoms with E-state index < -0.39 is 0 Å². The minimum atomic E-state index is 0.255. The summed E-state index contributed by atoms with van der Waals surface area (Å²) in [5.74, 6) is 0. The van der Waals surface area contributed by atoms with Crippen molar-refractivity contribution >= 4 is 21.6 Å². The second-order valence-corrected chi connectivity index (χ2v) is 4.78. The van der Waals surface area contributed by atoms with Gasteiger partial charge in [0.05, 0.1) is 25.9 Å². The van der Waals surface area contributed by atoms with Crippen LogP contribution in [0, 0.1) is 0 Å². The van der Waals surface area contributed by atoms with E-state index in [2.05, 4.69) is 15.9 Å². The molecule has 1 aromatic carbocycles. The summed E-state index contributed by atoms with van der Waals surface area (Å²) < 4.78 is 11.8. The number of anilines is 1. The number of benzene rings is 1. The molecule has 0 atom stereocenters. The van der Waals surface area contributed by atoms with Crippen LogP contribution in [-0.2, 0) is 16.1 Å². The first-order chi connectivity index (χ1) is 7.58. The summed E-state index contributed by atoms with van der Waals surface area (Å²) >= 11 is 3.39. The Balaban J connectivity index is 2.26. The van der Waals surface area contributed by atoms with Gasteiger partial charge in [-0.2, -0.15) is 0 Å². The van der Waals surface area contributed by atoms with Crippen molar-refractivity contribution in [3.8, 4) is 0 Å². The standard InChI is InChI=1S/C12H18BrNO2/c1-9(2)16-4-3-15-8-10-5-11(13)7-12(14)6-10/h5-7,9H,3-4,8,14H2,1-2H3. The maximum atomic E-state index is 5.72. The molecular weight excluding hydrogens is 270 g/mol. The summed E-state index contributed by atoms with van der Waals surface area (Å²) in [5, 5.41) is 0. The van der Waals surface area contributed by atoms with Crippen molar-refractivity contribution in [2.45, 2.75) is 26.6 Å². The summed E-state index contributed by atoms with van der Waals surface area (Å²) in [7, 11) is 0. The van der Waals surface area contributed by atoms with E-state index in [1.165, 1.54) is 0 Å². The first-order valence-electron chi connectivity index (χ1n) is 5.32. The Hall–Kier alpha value is -0.580. The molecule has 2 N–H and O–H groups in total. The van der Waals surface area contributed by atoms with Crippen LogP contribution >= 0.6 is 15.9 Å². The maximum absolute atomic E-state index is 5.72. The highest BCUT2D eigenvalue weighted by atomic mass is 79.9. The third-order valence-electron chi connectivity index (χ3n) is 1.93. The molecule has 0 unspecified atom stereocenters. The number of hydrogen-bond donors (Lipinski definition) is 1. The van der Waals surface area contributed by atoms with Gasteiger partial charge in [0.2, 0.25) is 0 Å². The predicted octanol–water partition coefficient (Wildman–Crippen LogP) is 2.97. The molecule has 0 aliphatic rings. The molecule has 0 aliphatic carbocycles. The van der Waals surface area contributed by atoms with Crippen molar-refractivity contribution in [3.63, 3.8) is 0 Å². The van der Waals surface area contributed by atoms with Gasteiger partial charge in [-0.3, -0.25) is 0 Å². The zero-order valence-electron chi connectivity index (χ0n) is 9.70. The zero-order chi connectivity index (χ0) is 12.0. The quantitative estimate of drug-likeness (QED) is 0.646. The minimum Gasteiger partial charge on any atom is -0.399 e. The molecule has 0 amide bonds. The summed E-state index contributed by atoms with van der Waals surface area (Å²) in [5.41, 5.74) is 7.53. The highest BCUT2D eigenvalue weighted by molar-refractivity contribution is 9.10. The topological polar surface area (TPSA) is 44.5 Å². The highest BCUT2D eigenvalue weighted by Crippen LogP contribution is 2.17. The Morgan fingerprint density at radius 3 is 2.62 bits per heavy atom. The first-order valence-corrected chi connectivity index (χ1v) is 6.11. The van der Waals surface area contributed by atoms with E-state index in [1.54, 1.807) is 0 Å². The predicted molar refractivity (Wildman–Crippen MR) is 69.3 cm³/mol. The fourth-order valence-electron chi connectivity index (χ4n) is 1.29. The summed E-state index contributed by atoms with van der Waals surface area (Å²) in [6.45, 7) is 5.81. The third kappa shape index (κ3) is 5.49. The molecule has 3 nitrogen and oxygen atoms in total. The molecule has 0 heterocycles. The second-order valence-electron chi connectivity index (χ2n) is 3.86. The molecule has 0 saturated carbocycles. The van der Waals surface area contributed by atoms with Gasteiger partial charge in [0.25, 0.3) is 0 Å². The summed E-state index contributed by atoms with van der Waals surface area (Å²) in [4.78, 5) is 0. The molecule has 0 fully saturated rings. The van der Waals surface area contributed by atoms with E-state index >= 15 is 0 Å². The highest BCUT2D eigenvalue weighted by Gasteiger charge is 1.98. The molecule has 4 heteroatoms. The van der Waals surface area contributed by atoms with Crippen molar-refractivity contribution in [2.75, 3.05) is 18.9 Å². The lowest BCUT2D eigenvalue weighted by Gasteiger charge is -2.08. The van der Waals surface area contributed by atoms with Crippen LogP contribution in [0.25, 0.3) is 0 Å². The molecule has 0 radical (unpaired) electrons. The molecule has 0 aromatic heterocycles. The van der Waals surface area contributed by atoms with Crippen molar-refractivity contribution in [1.29, 1.82) is 0 Å². The van der Waals surface area contributed by atoms with Gasteiger partial charge in [0.15, 0.2) is 0 Å². The minimum absolute atomic E-state index is 0.255. The van der Waals surface area contributed by atoms with Crippen LogP contribution < -0.4 is 5.73 Å². The lowest BCUT2D eigenvalue weighted by molar-refractivity contribution is 0.0143. The van der Waals surface area contributed by atoms with Crippen LogP contribution in [-0.4, -0.2) is 19.3 Å². The van der Waals surface area contributed by atoms with Crippen LogP contribution in [0.1, 0.15) is 19.4 Å². The molecule has 1 rings (SSSR count). The fraction of sp³-hybridized carbons (Fsp3) is 0.500. The molecule has 16 heavy (non-hydrogen) atoms.